The van der Waals surface area contributed by atoms with E-state index >= 15 is 0 Å². The number of hydrogen-bond acceptors (Lipinski definition) is 2. The van der Waals surface area contributed by atoms with Crippen LogP contribution in [0, 0.1) is 5.92 Å². The van der Waals surface area contributed by atoms with E-state index in [1.807, 2.05) is 18.2 Å². The van der Waals surface area contributed by atoms with Crippen LogP contribution in [0.3, 0.4) is 0 Å². The number of benzene rings is 1. The van der Waals surface area contributed by atoms with Gasteiger partial charge in [-0.2, -0.15) is 0 Å². The normalized spacial score (nSPS) is 18.7. The van der Waals surface area contributed by atoms with Gasteiger partial charge in [0, 0.05) is 5.92 Å². The van der Waals surface area contributed by atoms with Gasteiger partial charge in [0.15, 0.2) is 0 Å². The maximum Gasteiger partial charge on any atom is 0.338 e. The number of carbonyl (C=O) groups excluding carboxylic acids is 1. The molecule has 0 spiro atoms. The summed E-state index contributed by atoms with van der Waals surface area (Å²) < 4.78 is 5.14. The maximum absolute atomic E-state index is 11.4. The molecule has 2 rings (SSSR count). The Kier molecular flexibility index (Phi) is 2.63. The molecule has 72 valence electrons. The second-order valence-electron chi connectivity index (χ2n) is 3.39. The van der Waals surface area contributed by atoms with E-state index in [1.165, 1.54) is 0 Å². The minimum Gasteiger partial charge on any atom is -0.461 e. The highest BCUT2D eigenvalue weighted by atomic mass is 16.5. The maximum atomic E-state index is 11.4. The van der Waals surface area contributed by atoms with E-state index in [2.05, 4.69) is 12.2 Å². The molecule has 0 bridgehead atoms. The van der Waals surface area contributed by atoms with Crippen molar-refractivity contribution in [1.82, 2.24) is 0 Å². The van der Waals surface area contributed by atoms with Crippen LogP contribution in [0.2, 0.25) is 0 Å². The molecule has 1 aliphatic rings. The van der Waals surface area contributed by atoms with Gasteiger partial charge in [-0.1, -0.05) is 30.4 Å². The van der Waals surface area contributed by atoms with Crippen LogP contribution in [-0.4, -0.2) is 12.6 Å². The van der Waals surface area contributed by atoms with E-state index in [-0.39, 0.29) is 5.97 Å². The number of allylic oxidation sites excluding steroid dienone is 1. The molecule has 0 aliphatic heterocycles. The van der Waals surface area contributed by atoms with Crippen LogP contribution in [0.4, 0.5) is 0 Å². The highest BCUT2D eigenvalue weighted by molar-refractivity contribution is 5.89. The Balaban J connectivity index is 1.86. The predicted molar refractivity (Wildman–Crippen MR) is 54.0 cm³/mol. The monoisotopic (exact) mass is 188 g/mol. The summed E-state index contributed by atoms with van der Waals surface area (Å²) in [5, 5.41) is 0. The van der Waals surface area contributed by atoms with Gasteiger partial charge < -0.3 is 4.74 Å². The highest BCUT2D eigenvalue weighted by Gasteiger charge is 2.13. The van der Waals surface area contributed by atoms with Crippen LogP contribution in [0.5, 0.6) is 0 Å². The van der Waals surface area contributed by atoms with Gasteiger partial charge >= 0.3 is 5.97 Å². The molecule has 1 unspecified atom stereocenters. The molecule has 1 aromatic carbocycles. The number of esters is 1. The number of ether oxygens (including phenoxy) is 1. The Morgan fingerprint density at radius 1 is 1.36 bits per heavy atom. The SMILES string of the molecule is O=C(OCC1C=CC1)c1ccccc1. The second kappa shape index (κ2) is 4.09. The molecule has 1 aromatic rings. The Labute approximate surface area is 83.2 Å². The molecule has 0 N–H and O–H groups in total. The lowest BCUT2D eigenvalue weighted by atomic mass is 9.97. The minimum absolute atomic E-state index is 0.231. The molecule has 0 amide bonds. The molecule has 0 fully saturated rings. The number of carbonyl (C=O) groups is 1. The fourth-order valence-electron chi connectivity index (χ4n) is 1.29. The average Bonchev–Trinajstić information content (AvgIpc) is 2.16. The highest BCUT2D eigenvalue weighted by Crippen LogP contribution is 2.17. The topological polar surface area (TPSA) is 26.3 Å². The van der Waals surface area contributed by atoms with E-state index in [0.717, 1.165) is 6.42 Å². The van der Waals surface area contributed by atoms with Crippen molar-refractivity contribution >= 4 is 5.97 Å². The van der Waals surface area contributed by atoms with E-state index < -0.39 is 0 Å². The molecule has 0 saturated carbocycles. The van der Waals surface area contributed by atoms with Crippen LogP contribution in [-0.2, 0) is 4.74 Å². The largest absolute Gasteiger partial charge is 0.461 e. The Hall–Kier alpha value is -1.57. The van der Waals surface area contributed by atoms with Crippen molar-refractivity contribution < 1.29 is 9.53 Å². The van der Waals surface area contributed by atoms with Crippen molar-refractivity contribution in [3.8, 4) is 0 Å². The summed E-state index contributed by atoms with van der Waals surface area (Å²) in [6.45, 7) is 0.504. The van der Waals surface area contributed by atoms with Crippen LogP contribution in [0.1, 0.15) is 16.8 Å². The smallest absolute Gasteiger partial charge is 0.338 e. The predicted octanol–water partition coefficient (Wildman–Crippen LogP) is 2.42. The van der Waals surface area contributed by atoms with Crippen molar-refractivity contribution in [3.63, 3.8) is 0 Å². The van der Waals surface area contributed by atoms with E-state index in [0.29, 0.717) is 18.1 Å². The third-order valence-corrected chi connectivity index (χ3v) is 2.29. The van der Waals surface area contributed by atoms with Crippen molar-refractivity contribution in [2.24, 2.45) is 5.92 Å². The first-order valence-electron chi connectivity index (χ1n) is 4.75. The van der Waals surface area contributed by atoms with E-state index in [1.54, 1.807) is 12.1 Å². The lowest BCUT2D eigenvalue weighted by Gasteiger charge is -2.16. The average molecular weight is 188 g/mol. The third kappa shape index (κ3) is 2.02. The van der Waals surface area contributed by atoms with Crippen molar-refractivity contribution in [1.29, 1.82) is 0 Å². The van der Waals surface area contributed by atoms with Gasteiger partial charge in [-0.15, -0.1) is 0 Å². The van der Waals surface area contributed by atoms with Gasteiger partial charge in [-0.3, -0.25) is 0 Å². The van der Waals surface area contributed by atoms with Crippen LogP contribution in [0.25, 0.3) is 0 Å². The molecule has 0 heterocycles. The Bertz CT molecular complexity index is 341. The van der Waals surface area contributed by atoms with Gasteiger partial charge in [0.25, 0.3) is 0 Å². The Morgan fingerprint density at radius 3 is 2.64 bits per heavy atom. The van der Waals surface area contributed by atoms with E-state index in [9.17, 15) is 4.79 Å². The molecular formula is C12H12O2. The number of rotatable bonds is 3. The summed E-state index contributed by atoms with van der Waals surface area (Å²) in [6.07, 6.45) is 5.18. The molecule has 2 heteroatoms. The van der Waals surface area contributed by atoms with Crippen LogP contribution < -0.4 is 0 Å². The summed E-state index contributed by atoms with van der Waals surface area (Å²) in [6, 6.07) is 9.07. The zero-order valence-electron chi connectivity index (χ0n) is 7.85. The third-order valence-electron chi connectivity index (χ3n) is 2.29. The van der Waals surface area contributed by atoms with Crippen LogP contribution in [0.15, 0.2) is 42.5 Å². The standard InChI is InChI=1S/C12H12O2/c13-12(11-7-2-1-3-8-11)14-9-10-5-4-6-10/h1-5,7-8,10H,6,9H2. The fourth-order valence-corrected chi connectivity index (χ4v) is 1.29. The summed E-state index contributed by atoms with van der Waals surface area (Å²) >= 11 is 0. The van der Waals surface area contributed by atoms with Crippen LogP contribution >= 0.6 is 0 Å². The first kappa shape index (κ1) is 9.00. The van der Waals surface area contributed by atoms with Gasteiger partial charge in [0.1, 0.15) is 0 Å². The first-order valence-corrected chi connectivity index (χ1v) is 4.75. The molecule has 1 aliphatic carbocycles. The second-order valence-corrected chi connectivity index (χ2v) is 3.39. The Morgan fingerprint density at radius 2 is 2.07 bits per heavy atom. The summed E-state index contributed by atoms with van der Waals surface area (Å²) in [7, 11) is 0. The van der Waals surface area contributed by atoms with Gasteiger partial charge in [0.2, 0.25) is 0 Å². The zero-order chi connectivity index (χ0) is 9.80. The lowest BCUT2D eigenvalue weighted by Crippen LogP contribution is -2.15. The molecule has 14 heavy (non-hydrogen) atoms. The van der Waals surface area contributed by atoms with Crippen molar-refractivity contribution in [3.05, 3.63) is 48.0 Å². The minimum atomic E-state index is -0.231. The molecular weight excluding hydrogens is 176 g/mol. The fraction of sp³-hybridized carbons (Fsp3) is 0.250. The van der Waals surface area contributed by atoms with Gasteiger partial charge in [-0.25, -0.2) is 4.79 Å². The van der Waals surface area contributed by atoms with Gasteiger partial charge in [0.05, 0.1) is 12.2 Å². The summed E-state index contributed by atoms with van der Waals surface area (Å²) in [4.78, 5) is 11.4. The molecule has 0 aromatic heterocycles. The number of hydrogen-bond donors (Lipinski definition) is 0. The summed E-state index contributed by atoms with van der Waals surface area (Å²) in [5.41, 5.74) is 0.621. The van der Waals surface area contributed by atoms with Gasteiger partial charge in [-0.05, 0) is 18.6 Å². The lowest BCUT2D eigenvalue weighted by molar-refractivity contribution is 0.0458. The molecule has 2 nitrogen and oxygen atoms in total. The van der Waals surface area contributed by atoms with Crippen molar-refractivity contribution in [2.45, 2.75) is 6.42 Å². The quantitative estimate of drug-likeness (QED) is 0.538. The molecule has 1 atom stereocenters. The molecule has 0 radical (unpaired) electrons. The summed E-state index contributed by atoms with van der Waals surface area (Å²) in [5.74, 6) is 0.202. The molecule has 0 saturated heterocycles. The van der Waals surface area contributed by atoms with Crippen molar-refractivity contribution in [2.75, 3.05) is 6.61 Å². The van der Waals surface area contributed by atoms with E-state index in [4.69, 9.17) is 4.74 Å². The first-order chi connectivity index (χ1) is 6.86. The zero-order valence-corrected chi connectivity index (χ0v) is 7.85.